The van der Waals surface area contributed by atoms with Crippen LogP contribution in [0, 0.1) is 0 Å². The van der Waals surface area contributed by atoms with Crippen LogP contribution in [0.15, 0.2) is 18.2 Å². The van der Waals surface area contributed by atoms with Crippen LogP contribution in [0.1, 0.15) is 50.3 Å². The molecule has 1 aliphatic rings. The van der Waals surface area contributed by atoms with Gasteiger partial charge in [-0.05, 0) is 49.8 Å². The van der Waals surface area contributed by atoms with Crippen LogP contribution >= 0.6 is 0 Å². The van der Waals surface area contributed by atoms with E-state index in [2.05, 4.69) is 13.0 Å². The van der Waals surface area contributed by atoms with E-state index >= 15 is 0 Å². The molecular formula is C17H25NO3. The number of carbonyl (C=O) groups is 1. The van der Waals surface area contributed by atoms with Crippen molar-refractivity contribution in [3.05, 3.63) is 34.9 Å². The highest BCUT2D eigenvalue weighted by atomic mass is 16.6. The lowest BCUT2D eigenvalue weighted by Gasteiger charge is -2.27. The molecule has 1 aromatic carbocycles. The second-order valence-corrected chi connectivity index (χ2v) is 6.77. The standard InChI is InChI=1S/C17H25NO3/c1-12-10-18(16(20)21-17(2,3)4)8-7-14-9-13(11-19)5-6-15(12)14/h5-6,9,12,19H,7-8,10-11H2,1-4H3/t12-/m1/s1. The number of ether oxygens (including phenoxy) is 1. The Kier molecular flexibility index (Phi) is 4.57. The summed E-state index contributed by atoms with van der Waals surface area (Å²) in [4.78, 5) is 14.0. The minimum absolute atomic E-state index is 0.0530. The van der Waals surface area contributed by atoms with Gasteiger partial charge in [-0.2, -0.15) is 0 Å². The van der Waals surface area contributed by atoms with Crippen molar-refractivity contribution in [3.8, 4) is 0 Å². The Hall–Kier alpha value is -1.55. The number of aliphatic hydroxyl groups excluding tert-OH is 1. The van der Waals surface area contributed by atoms with Gasteiger partial charge in [0.25, 0.3) is 0 Å². The molecule has 1 heterocycles. The normalized spacial score (nSPS) is 18.9. The number of rotatable bonds is 1. The molecule has 1 amide bonds. The van der Waals surface area contributed by atoms with Gasteiger partial charge in [-0.25, -0.2) is 4.79 Å². The highest BCUT2D eigenvalue weighted by Gasteiger charge is 2.27. The zero-order valence-electron chi connectivity index (χ0n) is 13.3. The molecule has 116 valence electrons. The average molecular weight is 291 g/mol. The molecule has 0 aromatic heterocycles. The predicted octanol–water partition coefficient (Wildman–Crippen LogP) is 3.08. The third-order valence-electron chi connectivity index (χ3n) is 3.72. The van der Waals surface area contributed by atoms with E-state index in [-0.39, 0.29) is 18.6 Å². The number of benzene rings is 1. The van der Waals surface area contributed by atoms with Gasteiger partial charge in [-0.1, -0.05) is 25.1 Å². The van der Waals surface area contributed by atoms with Crippen LogP contribution in [-0.4, -0.2) is 34.8 Å². The number of hydrogen-bond acceptors (Lipinski definition) is 3. The summed E-state index contributed by atoms with van der Waals surface area (Å²) >= 11 is 0. The van der Waals surface area contributed by atoms with Crippen molar-refractivity contribution in [2.45, 2.75) is 52.2 Å². The van der Waals surface area contributed by atoms with Gasteiger partial charge in [-0.3, -0.25) is 0 Å². The topological polar surface area (TPSA) is 49.8 Å². The molecule has 21 heavy (non-hydrogen) atoms. The van der Waals surface area contributed by atoms with Crippen molar-refractivity contribution < 1.29 is 14.6 Å². The van der Waals surface area contributed by atoms with Crippen molar-refractivity contribution in [1.82, 2.24) is 4.90 Å². The molecule has 4 heteroatoms. The van der Waals surface area contributed by atoms with E-state index in [4.69, 9.17) is 4.74 Å². The lowest BCUT2D eigenvalue weighted by Crippen LogP contribution is -2.38. The fraction of sp³-hybridized carbons (Fsp3) is 0.588. The summed E-state index contributed by atoms with van der Waals surface area (Å²) in [6.07, 6.45) is 0.553. The summed E-state index contributed by atoms with van der Waals surface area (Å²) in [5.41, 5.74) is 2.94. The molecule has 0 bridgehead atoms. The molecule has 2 rings (SSSR count). The molecule has 0 fully saturated rings. The Balaban J connectivity index is 2.15. The minimum atomic E-state index is -0.469. The molecule has 0 unspecified atom stereocenters. The lowest BCUT2D eigenvalue weighted by molar-refractivity contribution is 0.0248. The van der Waals surface area contributed by atoms with Gasteiger partial charge < -0.3 is 14.7 Å². The van der Waals surface area contributed by atoms with Crippen LogP contribution in [0.25, 0.3) is 0 Å². The van der Waals surface area contributed by atoms with Gasteiger partial charge in [0.1, 0.15) is 5.60 Å². The number of aliphatic hydroxyl groups is 1. The fourth-order valence-electron chi connectivity index (χ4n) is 2.72. The second-order valence-electron chi connectivity index (χ2n) is 6.77. The molecule has 0 saturated carbocycles. The van der Waals surface area contributed by atoms with E-state index in [1.54, 1.807) is 4.90 Å². The molecule has 1 N–H and O–H groups in total. The maximum Gasteiger partial charge on any atom is 0.410 e. The van der Waals surface area contributed by atoms with Crippen molar-refractivity contribution in [3.63, 3.8) is 0 Å². The number of nitrogens with zero attached hydrogens (tertiary/aromatic N) is 1. The Morgan fingerprint density at radius 2 is 2.14 bits per heavy atom. The molecule has 4 nitrogen and oxygen atoms in total. The van der Waals surface area contributed by atoms with Gasteiger partial charge in [-0.15, -0.1) is 0 Å². The number of fused-ring (bicyclic) bond motifs is 1. The SMILES string of the molecule is C[C@@H]1CN(C(=O)OC(C)(C)C)CCc2cc(CO)ccc21. The summed E-state index contributed by atoms with van der Waals surface area (Å²) in [5, 5.41) is 9.26. The van der Waals surface area contributed by atoms with E-state index in [0.29, 0.717) is 13.1 Å². The van der Waals surface area contributed by atoms with Crippen molar-refractivity contribution in [2.75, 3.05) is 13.1 Å². The van der Waals surface area contributed by atoms with Gasteiger partial charge >= 0.3 is 6.09 Å². The summed E-state index contributed by atoms with van der Waals surface area (Å²) in [6, 6.07) is 6.08. The van der Waals surface area contributed by atoms with Gasteiger partial charge in [0.15, 0.2) is 0 Å². The molecule has 1 aromatic rings. The molecular weight excluding hydrogens is 266 g/mol. The lowest BCUT2D eigenvalue weighted by atomic mass is 9.94. The Morgan fingerprint density at radius 1 is 1.43 bits per heavy atom. The van der Waals surface area contributed by atoms with Gasteiger partial charge in [0, 0.05) is 13.1 Å². The van der Waals surface area contributed by atoms with Crippen molar-refractivity contribution in [1.29, 1.82) is 0 Å². The summed E-state index contributed by atoms with van der Waals surface area (Å²) in [6.45, 7) is 9.15. The molecule has 1 atom stereocenters. The summed E-state index contributed by atoms with van der Waals surface area (Å²) in [7, 11) is 0. The Bertz CT molecular complexity index is 519. The highest BCUT2D eigenvalue weighted by molar-refractivity contribution is 5.68. The maximum absolute atomic E-state index is 12.2. The monoisotopic (exact) mass is 291 g/mol. The number of hydrogen-bond donors (Lipinski definition) is 1. The highest BCUT2D eigenvalue weighted by Crippen LogP contribution is 2.27. The average Bonchev–Trinajstić information content (AvgIpc) is 2.56. The number of carbonyl (C=O) groups excluding carboxylic acids is 1. The molecule has 0 radical (unpaired) electrons. The zero-order valence-corrected chi connectivity index (χ0v) is 13.3. The summed E-state index contributed by atoms with van der Waals surface area (Å²) in [5.74, 6) is 0.266. The van der Waals surface area contributed by atoms with E-state index in [1.165, 1.54) is 11.1 Å². The zero-order chi connectivity index (χ0) is 15.6. The fourth-order valence-corrected chi connectivity index (χ4v) is 2.72. The molecule has 0 aliphatic carbocycles. The largest absolute Gasteiger partial charge is 0.444 e. The first-order valence-corrected chi connectivity index (χ1v) is 7.50. The Morgan fingerprint density at radius 3 is 2.76 bits per heavy atom. The van der Waals surface area contributed by atoms with E-state index in [1.807, 2.05) is 32.9 Å². The predicted molar refractivity (Wildman–Crippen MR) is 82.3 cm³/mol. The number of amides is 1. The van der Waals surface area contributed by atoms with Crippen LogP contribution in [0.5, 0.6) is 0 Å². The van der Waals surface area contributed by atoms with Crippen LogP contribution in [0.3, 0.4) is 0 Å². The van der Waals surface area contributed by atoms with Crippen LogP contribution in [0.2, 0.25) is 0 Å². The third-order valence-corrected chi connectivity index (χ3v) is 3.72. The Labute approximate surface area is 126 Å². The molecule has 0 spiro atoms. The van der Waals surface area contributed by atoms with Crippen molar-refractivity contribution in [2.24, 2.45) is 0 Å². The van der Waals surface area contributed by atoms with Gasteiger partial charge in [0.05, 0.1) is 6.61 Å². The first-order chi connectivity index (χ1) is 9.80. The van der Waals surface area contributed by atoms with E-state index in [9.17, 15) is 9.90 Å². The minimum Gasteiger partial charge on any atom is -0.444 e. The summed E-state index contributed by atoms with van der Waals surface area (Å²) < 4.78 is 5.47. The smallest absolute Gasteiger partial charge is 0.410 e. The van der Waals surface area contributed by atoms with Crippen LogP contribution < -0.4 is 0 Å². The van der Waals surface area contributed by atoms with Crippen molar-refractivity contribution >= 4 is 6.09 Å². The van der Waals surface area contributed by atoms with Crippen LogP contribution in [0.4, 0.5) is 4.79 Å². The van der Waals surface area contributed by atoms with Gasteiger partial charge in [0.2, 0.25) is 0 Å². The van der Waals surface area contributed by atoms with E-state index in [0.717, 1.165) is 12.0 Å². The third kappa shape index (κ3) is 3.97. The first-order valence-electron chi connectivity index (χ1n) is 7.50. The molecule has 0 saturated heterocycles. The first kappa shape index (κ1) is 15.8. The van der Waals surface area contributed by atoms with Crippen LogP contribution in [-0.2, 0) is 17.8 Å². The maximum atomic E-state index is 12.2. The quantitative estimate of drug-likeness (QED) is 0.865. The van der Waals surface area contributed by atoms with E-state index < -0.39 is 5.60 Å². The molecule has 1 aliphatic heterocycles. The second kappa shape index (κ2) is 6.06.